The third kappa shape index (κ3) is 4.32. The number of esters is 1. The number of hydrogen-bond donors (Lipinski definition) is 0. The summed E-state index contributed by atoms with van der Waals surface area (Å²) in [5.74, 6) is 1.29. The van der Waals surface area contributed by atoms with Crippen LogP contribution in [-0.2, 0) is 11.3 Å². The topological polar surface area (TPSA) is 74.5 Å². The monoisotopic (exact) mass is 386 g/mol. The fraction of sp³-hybridized carbons (Fsp3) is 0.0870. The van der Waals surface area contributed by atoms with Crippen molar-refractivity contribution in [3.05, 3.63) is 90.0 Å². The Morgan fingerprint density at radius 3 is 2.07 bits per heavy atom. The molecule has 4 aromatic rings. The maximum Gasteiger partial charge on any atom is 0.337 e. The van der Waals surface area contributed by atoms with E-state index in [2.05, 4.69) is 10.2 Å². The Morgan fingerprint density at radius 1 is 0.828 bits per heavy atom. The van der Waals surface area contributed by atoms with Crippen molar-refractivity contribution in [3.8, 4) is 28.7 Å². The van der Waals surface area contributed by atoms with Gasteiger partial charge >= 0.3 is 5.97 Å². The highest BCUT2D eigenvalue weighted by Gasteiger charge is 2.10. The molecular formula is C23H18N2O4. The number of ether oxygens (including phenoxy) is 2. The largest absolute Gasteiger partial charge is 0.489 e. The summed E-state index contributed by atoms with van der Waals surface area (Å²) in [6.45, 7) is 0.388. The molecule has 0 radical (unpaired) electrons. The summed E-state index contributed by atoms with van der Waals surface area (Å²) < 4.78 is 16.3. The zero-order valence-corrected chi connectivity index (χ0v) is 15.7. The molecule has 4 rings (SSSR count). The quantitative estimate of drug-likeness (QED) is 0.445. The minimum absolute atomic E-state index is 0.357. The van der Waals surface area contributed by atoms with Crippen LogP contribution in [0.2, 0.25) is 0 Å². The standard InChI is InChI=1S/C23H18N2O4/c1-27-23(26)19-9-7-16(8-10-19)15-28-20-13-11-18(12-14-20)22-25-24-21(29-22)17-5-3-2-4-6-17/h2-14H,15H2,1H3. The number of benzene rings is 3. The highest BCUT2D eigenvalue weighted by atomic mass is 16.5. The van der Waals surface area contributed by atoms with Crippen molar-refractivity contribution in [3.63, 3.8) is 0 Å². The second kappa shape index (κ2) is 8.39. The van der Waals surface area contributed by atoms with Crippen LogP contribution in [0.15, 0.2) is 83.3 Å². The van der Waals surface area contributed by atoms with Gasteiger partial charge in [0.15, 0.2) is 0 Å². The van der Waals surface area contributed by atoms with Crippen LogP contribution >= 0.6 is 0 Å². The normalized spacial score (nSPS) is 10.5. The van der Waals surface area contributed by atoms with E-state index >= 15 is 0 Å². The van der Waals surface area contributed by atoms with E-state index < -0.39 is 0 Å². The molecule has 0 saturated carbocycles. The van der Waals surface area contributed by atoms with Gasteiger partial charge in [0.25, 0.3) is 0 Å². The molecule has 0 fully saturated rings. The average Bonchev–Trinajstić information content (AvgIpc) is 3.29. The zero-order chi connectivity index (χ0) is 20.1. The third-order valence-electron chi connectivity index (χ3n) is 4.33. The minimum atomic E-state index is -0.357. The van der Waals surface area contributed by atoms with Crippen molar-refractivity contribution in [1.29, 1.82) is 0 Å². The lowest BCUT2D eigenvalue weighted by Gasteiger charge is -2.07. The van der Waals surface area contributed by atoms with Crippen LogP contribution in [0.1, 0.15) is 15.9 Å². The summed E-state index contributed by atoms with van der Waals surface area (Å²) in [5.41, 5.74) is 3.15. The number of carbonyl (C=O) groups excluding carboxylic acids is 1. The van der Waals surface area contributed by atoms with E-state index in [4.69, 9.17) is 13.9 Å². The second-order valence-electron chi connectivity index (χ2n) is 6.28. The Balaban J connectivity index is 1.39. The Labute approximate surface area is 167 Å². The van der Waals surface area contributed by atoms with Gasteiger partial charge in [-0.25, -0.2) is 4.79 Å². The van der Waals surface area contributed by atoms with Gasteiger partial charge in [-0.3, -0.25) is 0 Å². The smallest absolute Gasteiger partial charge is 0.337 e. The fourth-order valence-corrected chi connectivity index (χ4v) is 2.75. The molecule has 3 aromatic carbocycles. The highest BCUT2D eigenvalue weighted by Crippen LogP contribution is 2.25. The van der Waals surface area contributed by atoms with Crippen LogP contribution in [0.25, 0.3) is 22.9 Å². The molecule has 6 heteroatoms. The van der Waals surface area contributed by atoms with Gasteiger partial charge in [0, 0.05) is 11.1 Å². The second-order valence-corrected chi connectivity index (χ2v) is 6.28. The Bertz CT molecular complexity index is 1090. The molecule has 0 spiro atoms. The van der Waals surface area contributed by atoms with E-state index in [1.807, 2.05) is 66.7 Å². The molecule has 29 heavy (non-hydrogen) atoms. The van der Waals surface area contributed by atoms with E-state index in [1.165, 1.54) is 7.11 Å². The molecule has 1 aromatic heterocycles. The van der Waals surface area contributed by atoms with Crippen molar-refractivity contribution in [2.45, 2.75) is 6.61 Å². The van der Waals surface area contributed by atoms with Crippen molar-refractivity contribution in [1.82, 2.24) is 10.2 Å². The molecule has 0 aliphatic carbocycles. The highest BCUT2D eigenvalue weighted by molar-refractivity contribution is 5.89. The average molecular weight is 386 g/mol. The predicted octanol–water partition coefficient (Wildman–Crippen LogP) is 4.77. The Morgan fingerprint density at radius 2 is 1.45 bits per heavy atom. The molecule has 0 saturated heterocycles. The predicted molar refractivity (Wildman–Crippen MR) is 107 cm³/mol. The maximum atomic E-state index is 11.5. The molecule has 0 unspecified atom stereocenters. The number of carbonyl (C=O) groups is 1. The van der Waals surface area contributed by atoms with Gasteiger partial charge in [0.1, 0.15) is 12.4 Å². The lowest BCUT2D eigenvalue weighted by atomic mass is 10.1. The molecule has 0 bridgehead atoms. The van der Waals surface area contributed by atoms with Crippen LogP contribution in [0.3, 0.4) is 0 Å². The first kappa shape index (κ1) is 18.4. The van der Waals surface area contributed by atoms with Gasteiger partial charge in [-0.15, -0.1) is 10.2 Å². The number of aromatic nitrogens is 2. The first-order valence-electron chi connectivity index (χ1n) is 9.02. The summed E-state index contributed by atoms with van der Waals surface area (Å²) >= 11 is 0. The molecule has 6 nitrogen and oxygen atoms in total. The zero-order valence-electron chi connectivity index (χ0n) is 15.7. The summed E-state index contributed by atoms with van der Waals surface area (Å²) in [7, 11) is 1.36. The summed E-state index contributed by atoms with van der Waals surface area (Å²) in [6.07, 6.45) is 0. The molecule has 0 aliphatic heterocycles. The van der Waals surface area contributed by atoms with Gasteiger partial charge in [-0.1, -0.05) is 30.3 Å². The molecular weight excluding hydrogens is 368 g/mol. The van der Waals surface area contributed by atoms with Crippen LogP contribution in [0, 0.1) is 0 Å². The summed E-state index contributed by atoms with van der Waals surface area (Å²) in [5, 5.41) is 8.23. The lowest BCUT2D eigenvalue weighted by Crippen LogP contribution is -2.01. The van der Waals surface area contributed by atoms with Gasteiger partial charge in [0.05, 0.1) is 12.7 Å². The van der Waals surface area contributed by atoms with Crippen LogP contribution in [-0.4, -0.2) is 23.3 Å². The molecule has 0 N–H and O–H groups in total. The number of hydrogen-bond acceptors (Lipinski definition) is 6. The van der Waals surface area contributed by atoms with E-state index in [9.17, 15) is 4.79 Å². The third-order valence-corrected chi connectivity index (χ3v) is 4.33. The number of rotatable bonds is 6. The maximum absolute atomic E-state index is 11.5. The summed E-state index contributed by atoms with van der Waals surface area (Å²) in [4.78, 5) is 11.5. The van der Waals surface area contributed by atoms with E-state index in [0.29, 0.717) is 29.7 Å². The Hall–Kier alpha value is -3.93. The first-order chi connectivity index (χ1) is 14.2. The molecule has 0 amide bonds. The van der Waals surface area contributed by atoms with Crippen molar-refractivity contribution < 1.29 is 18.7 Å². The van der Waals surface area contributed by atoms with Crippen molar-refractivity contribution in [2.75, 3.05) is 7.11 Å². The van der Waals surface area contributed by atoms with Gasteiger partial charge in [-0.05, 0) is 54.1 Å². The Kier molecular flexibility index (Phi) is 5.33. The molecule has 1 heterocycles. The van der Waals surface area contributed by atoms with E-state index in [1.54, 1.807) is 12.1 Å². The molecule has 0 atom stereocenters. The molecule has 0 aliphatic rings. The van der Waals surface area contributed by atoms with E-state index in [0.717, 1.165) is 16.7 Å². The first-order valence-corrected chi connectivity index (χ1v) is 9.02. The van der Waals surface area contributed by atoms with Crippen LogP contribution < -0.4 is 4.74 Å². The van der Waals surface area contributed by atoms with Gasteiger partial charge < -0.3 is 13.9 Å². The fourth-order valence-electron chi connectivity index (χ4n) is 2.75. The van der Waals surface area contributed by atoms with Gasteiger partial charge in [-0.2, -0.15) is 0 Å². The van der Waals surface area contributed by atoms with Crippen LogP contribution in [0.4, 0.5) is 0 Å². The minimum Gasteiger partial charge on any atom is -0.489 e. The number of nitrogens with zero attached hydrogens (tertiary/aromatic N) is 2. The van der Waals surface area contributed by atoms with E-state index in [-0.39, 0.29) is 5.97 Å². The summed E-state index contributed by atoms with van der Waals surface area (Å²) in [6, 6.07) is 24.2. The van der Waals surface area contributed by atoms with Crippen LogP contribution in [0.5, 0.6) is 5.75 Å². The number of methoxy groups -OCH3 is 1. The van der Waals surface area contributed by atoms with Crippen molar-refractivity contribution in [2.24, 2.45) is 0 Å². The molecule has 144 valence electrons. The van der Waals surface area contributed by atoms with Gasteiger partial charge in [0.2, 0.25) is 11.8 Å². The lowest BCUT2D eigenvalue weighted by molar-refractivity contribution is 0.0600. The van der Waals surface area contributed by atoms with Crippen molar-refractivity contribution >= 4 is 5.97 Å². The SMILES string of the molecule is COC(=O)c1ccc(COc2ccc(-c3nnc(-c4ccccc4)o3)cc2)cc1.